The zero-order valence-corrected chi connectivity index (χ0v) is 19.1. The lowest BCUT2D eigenvalue weighted by Gasteiger charge is -2.14. The highest BCUT2D eigenvalue weighted by Crippen LogP contribution is 2.40. The highest BCUT2D eigenvalue weighted by atomic mass is 32.2. The monoisotopic (exact) mass is 477 g/mol. The molecule has 1 saturated heterocycles. The van der Waals surface area contributed by atoms with Gasteiger partial charge in [0.25, 0.3) is 5.91 Å². The maximum Gasteiger partial charge on any atom is 0.270 e. The molecule has 166 valence electrons. The number of fused-ring (bicyclic) bond motifs is 1. The largest absolute Gasteiger partial charge is 0.490 e. The number of nitrogens with zero attached hydrogens (tertiary/aromatic N) is 1. The Kier molecular flexibility index (Phi) is 6.19. The Balaban J connectivity index is 1.20. The Bertz CT molecular complexity index is 1210. The number of thiocarbonyl (C=S) groups is 1. The summed E-state index contributed by atoms with van der Waals surface area (Å²) in [6.45, 7) is 1.06. The minimum Gasteiger partial charge on any atom is -0.490 e. The van der Waals surface area contributed by atoms with Crippen LogP contribution in [-0.2, 0) is 4.79 Å². The van der Waals surface area contributed by atoms with E-state index in [-0.39, 0.29) is 12.7 Å². The maximum atomic E-state index is 13.0. The van der Waals surface area contributed by atoms with E-state index in [2.05, 4.69) is 0 Å². The van der Waals surface area contributed by atoms with E-state index in [1.54, 1.807) is 18.2 Å². The molecule has 3 aromatic carbocycles. The minimum atomic E-state index is -0.165. The quantitative estimate of drug-likeness (QED) is 0.261. The van der Waals surface area contributed by atoms with E-state index >= 15 is 0 Å². The van der Waals surface area contributed by atoms with Crippen molar-refractivity contribution < 1.29 is 23.7 Å². The molecule has 2 aliphatic rings. The fourth-order valence-corrected chi connectivity index (χ4v) is 4.66. The van der Waals surface area contributed by atoms with Gasteiger partial charge in [0.2, 0.25) is 6.79 Å². The van der Waals surface area contributed by atoms with E-state index in [0.717, 1.165) is 17.1 Å². The number of para-hydroxylation sites is 1. The molecule has 2 heterocycles. The molecule has 0 aromatic heterocycles. The van der Waals surface area contributed by atoms with Gasteiger partial charge in [-0.25, -0.2) is 0 Å². The molecule has 0 unspecified atom stereocenters. The predicted octanol–water partition coefficient (Wildman–Crippen LogP) is 5.28. The summed E-state index contributed by atoms with van der Waals surface area (Å²) in [7, 11) is 0. The first kappa shape index (κ1) is 21.4. The molecule has 0 atom stereocenters. The summed E-state index contributed by atoms with van der Waals surface area (Å²) in [6.07, 6.45) is 1.83. The second kappa shape index (κ2) is 9.56. The normalized spacial score (nSPS) is 15.9. The van der Waals surface area contributed by atoms with Gasteiger partial charge in [-0.3, -0.25) is 9.69 Å². The third-order valence-electron chi connectivity index (χ3n) is 4.95. The summed E-state index contributed by atoms with van der Waals surface area (Å²) in [5.41, 5.74) is 1.54. The molecule has 5 rings (SSSR count). The molecule has 0 N–H and O–H groups in total. The number of benzene rings is 3. The minimum absolute atomic E-state index is 0.165. The summed E-state index contributed by atoms with van der Waals surface area (Å²) in [4.78, 5) is 15.1. The van der Waals surface area contributed by atoms with Crippen LogP contribution < -0.4 is 23.8 Å². The van der Waals surface area contributed by atoms with Crippen molar-refractivity contribution in [3.05, 3.63) is 83.3 Å². The van der Waals surface area contributed by atoms with Crippen LogP contribution in [0.3, 0.4) is 0 Å². The van der Waals surface area contributed by atoms with E-state index in [9.17, 15) is 4.79 Å². The Hall–Kier alpha value is -3.49. The zero-order valence-electron chi connectivity index (χ0n) is 17.4. The van der Waals surface area contributed by atoms with Crippen LogP contribution in [0.15, 0.2) is 77.7 Å². The smallest absolute Gasteiger partial charge is 0.270 e. The third-order valence-corrected chi connectivity index (χ3v) is 6.25. The lowest BCUT2D eigenvalue weighted by molar-refractivity contribution is -0.113. The Morgan fingerprint density at radius 1 is 0.909 bits per heavy atom. The second-order valence-electron chi connectivity index (χ2n) is 7.13. The topological polar surface area (TPSA) is 57.2 Å². The van der Waals surface area contributed by atoms with Gasteiger partial charge in [-0.1, -0.05) is 54.3 Å². The van der Waals surface area contributed by atoms with Crippen LogP contribution in [0.1, 0.15) is 5.56 Å². The molecular weight excluding hydrogens is 458 g/mol. The molecule has 1 amide bonds. The van der Waals surface area contributed by atoms with Crippen LogP contribution in [0.25, 0.3) is 6.08 Å². The van der Waals surface area contributed by atoms with E-state index in [1.165, 1.54) is 16.7 Å². The van der Waals surface area contributed by atoms with Crippen molar-refractivity contribution in [1.82, 2.24) is 0 Å². The van der Waals surface area contributed by atoms with Crippen molar-refractivity contribution in [1.29, 1.82) is 0 Å². The number of amides is 1. The number of rotatable bonds is 7. The summed E-state index contributed by atoms with van der Waals surface area (Å²) in [6, 6.07) is 22.5. The first-order valence-electron chi connectivity index (χ1n) is 10.3. The number of carbonyl (C=O) groups is 1. The molecule has 1 fully saturated rings. The van der Waals surface area contributed by atoms with Gasteiger partial charge in [0.15, 0.2) is 15.8 Å². The van der Waals surface area contributed by atoms with Crippen molar-refractivity contribution in [3.8, 4) is 23.0 Å². The lowest BCUT2D eigenvalue weighted by Crippen LogP contribution is -2.27. The van der Waals surface area contributed by atoms with Gasteiger partial charge in [0.05, 0.1) is 10.6 Å². The fraction of sp³-hybridized carbons (Fsp3) is 0.120. The van der Waals surface area contributed by atoms with Crippen LogP contribution in [0.5, 0.6) is 23.0 Å². The van der Waals surface area contributed by atoms with Crippen LogP contribution in [0, 0.1) is 0 Å². The molecule has 0 saturated carbocycles. The number of ether oxygens (including phenoxy) is 4. The third kappa shape index (κ3) is 4.81. The molecule has 0 bridgehead atoms. The fourth-order valence-electron chi connectivity index (χ4n) is 3.36. The summed E-state index contributed by atoms with van der Waals surface area (Å²) in [5.74, 6) is 2.65. The molecular formula is C25H19NO5S2. The first-order valence-corrected chi connectivity index (χ1v) is 11.5. The van der Waals surface area contributed by atoms with E-state index in [1.807, 2.05) is 60.7 Å². The van der Waals surface area contributed by atoms with E-state index in [4.69, 9.17) is 31.2 Å². The second-order valence-corrected chi connectivity index (χ2v) is 8.81. The van der Waals surface area contributed by atoms with Crippen molar-refractivity contribution in [2.45, 2.75) is 0 Å². The van der Waals surface area contributed by atoms with Gasteiger partial charge >= 0.3 is 0 Å². The molecule has 0 aliphatic carbocycles. The zero-order chi connectivity index (χ0) is 22.6. The highest BCUT2D eigenvalue weighted by molar-refractivity contribution is 8.27. The molecule has 2 aliphatic heterocycles. The van der Waals surface area contributed by atoms with Gasteiger partial charge in [0, 0.05) is 6.07 Å². The number of thioether (sulfide) groups is 1. The average molecular weight is 478 g/mol. The summed E-state index contributed by atoms with van der Waals surface area (Å²) < 4.78 is 22.6. The summed E-state index contributed by atoms with van der Waals surface area (Å²) in [5, 5.41) is 0. The molecule has 33 heavy (non-hydrogen) atoms. The van der Waals surface area contributed by atoms with Crippen LogP contribution >= 0.6 is 24.0 Å². The van der Waals surface area contributed by atoms with Crippen molar-refractivity contribution in [3.63, 3.8) is 0 Å². The first-order chi connectivity index (χ1) is 16.2. The molecule has 3 aromatic rings. The highest BCUT2D eigenvalue weighted by Gasteiger charge is 2.34. The van der Waals surface area contributed by atoms with Gasteiger partial charge in [-0.05, 0) is 48.0 Å². The Morgan fingerprint density at radius 2 is 1.61 bits per heavy atom. The van der Waals surface area contributed by atoms with Crippen LogP contribution in [-0.4, -0.2) is 30.2 Å². The van der Waals surface area contributed by atoms with Gasteiger partial charge < -0.3 is 18.9 Å². The molecule has 6 nitrogen and oxygen atoms in total. The van der Waals surface area contributed by atoms with Crippen molar-refractivity contribution in [2.75, 3.05) is 24.9 Å². The Labute approximate surface area is 200 Å². The summed E-state index contributed by atoms with van der Waals surface area (Å²) >= 11 is 6.73. The van der Waals surface area contributed by atoms with Crippen molar-refractivity contribution in [2.24, 2.45) is 0 Å². The van der Waals surface area contributed by atoms with E-state index < -0.39 is 0 Å². The SMILES string of the molecule is O=C1/C(=C/c2ccc(OCCOc3ccccc3)cc2)SC(=S)N1c1ccc2c(c1)OCO2. The molecule has 0 radical (unpaired) electrons. The van der Waals surface area contributed by atoms with Crippen LogP contribution in [0.4, 0.5) is 5.69 Å². The van der Waals surface area contributed by atoms with E-state index in [0.29, 0.717) is 39.6 Å². The average Bonchev–Trinajstić information content (AvgIpc) is 3.41. The Morgan fingerprint density at radius 3 is 2.36 bits per heavy atom. The maximum absolute atomic E-state index is 13.0. The number of hydrogen-bond acceptors (Lipinski definition) is 7. The van der Waals surface area contributed by atoms with Gasteiger partial charge in [-0.15, -0.1) is 0 Å². The van der Waals surface area contributed by atoms with Crippen LogP contribution in [0.2, 0.25) is 0 Å². The van der Waals surface area contributed by atoms with Gasteiger partial charge in [0.1, 0.15) is 24.7 Å². The number of anilines is 1. The van der Waals surface area contributed by atoms with Crippen molar-refractivity contribution >= 4 is 46.0 Å². The van der Waals surface area contributed by atoms with Gasteiger partial charge in [-0.2, -0.15) is 0 Å². The number of hydrogen-bond donors (Lipinski definition) is 0. The standard InChI is InChI=1S/C25H19NO5S2/c27-24-23(33-25(32)26(24)18-8-11-21-22(15-18)31-16-30-21)14-17-6-9-20(10-7-17)29-13-12-28-19-4-2-1-3-5-19/h1-11,14-15H,12-13,16H2/b23-14-. The lowest BCUT2D eigenvalue weighted by atomic mass is 10.2. The number of carbonyl (C=O) groups excluding carboxylic acids is 1. The molecule has 0 spiro atoms. The molecule has 8 heteroatoms. The predicted molar refractivity (Wildman–Crippen MR) is 132 cm³/mol.